The summed E-state index contributed by atoms with van der Waals surface area (Å²) in [4.78, 5) is 16.4. The minimum Gasteiger partial charge on any atom is -0.379 e. The average Bonchev–Trinajstić information content (AvgIpc) is 2.89. The molecule has 1 aromatic rings. The van der Waals surface area contributed by atoms with E-state index in [1.54, 1.807) is 18.3 Å². The summed E-state index contributed by atoms with van der Waals surface area (Å²) in [5, 5.41) is 5.91. The Morgan fingerprint density at radius 2 is 2.14 bits per heavy atom. The molecule has 0 aromatic carbocycles. The van der Waals surface area contributed by atoms with Crippen LogP contribution in [0.4, 0.5) is 0 Å². The zero-order valence-electron chi connectivity index (χ0n) is 13.6. The third-order valence-corrected chi connectivity index (χ3v) is 4.12. The molecule has 0 spiro atoms. The Kier molecular flexibility index (Phi) is 7.28. The maximum atomic E-state index is 11.9. The Balaban J connectivity index is 2.33. The molecule has 0 unspecified atom stereocenters. The van der Waals surface area contributed by atoms with Gasteiger partial charge in [-0.1, -0.05) is 20.8 Å². The van der Waals surface area contributed by atoms with Crippen LogP contribution in [0.3, 0.4) is 0 Å². The number of amides is 1. The van der Waals surface area contributed by atoms with Crippen molar-refractivity contribution < 1.29 is 14.3 Å². The highest BCUT2D eigenvalue weighted by atomic mass is 32.1. The Morgan fingerprint density at radius 3 is 2.71 bits per heavy atom. The van der Waals surface area contributed by atoms with Crippen molar-refractivity contribution in [1.82, 2.24) is 10.3 Å². The zero-order chi connectivity index (χ0) is 15.9. The number of aromatic nitrogens is 1. The number of carbonyl (C=O) groups is 1. The predicted octanol–water partition coefficient (Wildman–Crippen LogP) is 2.50. The van der Waals surface area contributed by atoms with E-state index in [4.69, 9.17) is 9.47 Å². The van der Waals surface area contributed by atoms with Gasteiger partial charge in [-0.2, -0.15) is 0 Å². The lowest BCUT2D eigenvalue weighted by molar-refractivity contribution is -0.132. The summed E-state index contributed by atoms with van der Waals surface area (Å²) in [5.74, 6) is -0.128. The van der Waals surface area contributed by atoms with E-state index in [0.29, 0.717) is 26.4 Å². The van der Waals surface area contributed by atoms with Crippen LogP contribution in [0.15, 0.2) is 5.38 Å². The Hall–Kier alpha value is -0.980. The van der Waals surface area contributed by atoms with Gasteiger partial charge in [0.05, 0.1) is 30.5 Å². The second-order valence-electron chi connectivity index (χ2n) is 5.82. The molecule has 0 saturated carbocycles. The van der Waals surface area contributed by atoms with Gasteiger partial charge in [0, 0.05) is 17.4 Å². The van der Waals surface area contributed by atoms with Crippen LogP contribution in [-0.2, 0) is 26.2 Å². The summed E-state index contributed by atoms with van der Waals surface area (Å²) in [6.45, 7) is 12.1. The SMILES string of the molecule is CCOCCO[C@@H](C)C(=O)NCc1csc(C(C)(C)C)n1. The van der Waals surface area contributed by atoms with E-state index in [9.17, 15) is 4.79 Å². The van der Waals surface area contributed by atoms with Crippen LogP contribution in [0.25, 0.3) is 0 Å². The third kappa shape index (κ3) is 6.54. The number of nitrogens with one attached hydrogen (secondary N) is 1. The Labute approximate surface area is 131 Å². The van der Waals surface area contributed by atoms with Crippen LogP contribution in [0, 0.1) is 0 Å². The van der Waals surface area contributed by atoms with Crippen LogP contribution >= 0.6 is 11.3 Å². The standard InChI is InChI=1S/C15H26N2O3S/c1-6-19-7-8-20-11(2)13(18)16-9-12-10-21-14(17-12)15(3,4)5/h10-11H,6-9H2,1-5H3,(H,16,18)/t11-/m0/s1. The first-order valence-corrected chi connectivity index (χ1v) is 8.14. The molecule has 0 saturated heterocycles. The lowest BCUT2D eigenvalue weighted by atomic mass is 9.98. The summed E-state index contributed by atoms with van der Waals surface area (Å²) in [6.07, 6.45) is -0.480. The fourth-order valence-electron chi connectivity index (χ4n) is 1.56. The second kappa shape index (κ2) is 8.46. The average molecular weight is 314 g/mol. The minimum atomic E-state index is -0.480. The Bertz CT molecular complexity index is 440. The van der Waals surface area contributed by atoms with Crippen LogP contribution in [0.2, 0.25) is 0 Å². The quantitative estimate of drug-likeness (QED) is 0.749. The molecule has 120 valence electrons. The number of nitrogens with zero attached hydrogens (tertiary/aromatic N) is 1. The van der Waals surface area contributed by atoms with Crippen molar-refractivity contribution in [2.75, 3.05) is 19.8 Å². The normalized spacial score (nSPS) is 13.2. The van der Waals surface area contributed by atoms with Crippen molar-refractivity contribution >= 4 is 17.2 Å². The van der Waals surface area contributed by atoms with Crippen LogP contribution < -0.4 is 5.32 Å². The van der Waals surface area contributed by atoms with Gasteiger partial charge >= 0.3 is 0 Å². The first-order chi connectivity index (χ1) is 9.84. The lowest BCUT2D eigenvalue weighted by Gasteiger charge is -2.14. The molecule has 1 rings (SSSR count). The molecule has 5 nitrogen and oxygen atoms in total. The largest absolute Gasteiger partial charge is 0.379 e. The molecule has 1 aromatic heterocycles. The predicted molar refractivity (Wildman–Crippen MR) is 84.6 cm³/mol. The fourth-order valence-corrected chi connectivity index (χ4v) is 2.47. The summed E-state index contributed by atoms with van der Waals surface area (Å²) >= 11 is 1.63. The monoisotopic (exact) mass is 314 g/mol. The highest BCUT2D eigenvalue weighted by molar-refractivity contribution is 7.09. The van der Waals surface area contributed by atoms with E-state index in [2.05, 4.69) is 31.1 Å². The molecular formula is C15H26N2O3S. The van der Waals surface area contributed by atoms with Gasteiger partial charge < -0.3 is 14.8 Å². The van der Waals surface area contributed by atoms with Gasteiger partial charge in [-0.3, -0.25) is 4.79 Å². The Morgan fingerprint density at radius 1 is 1.43 bits per heavy atom. The van der Waals surface area contributed by atoms with E-state index >= 15 is 0 Å². The highest BCUT2D eigenvalue weighted by Crippen LogP contribution is 2.25. The molecule has 0 bridgehead atoms. The van der Waals surface area contributed by atoms with Crippen molar-refractivity contribution in [3.8, 4) is 0 Å². The van der Waals surface area contributed by atoms with Gasteiger partial charge in [0.2, 0.25) is 5.91 Å². The summed E-state index contributed by atoms with van der Waals surface area (Å²) in [7, 11) is 0. The number of hydrogen-bond acceptors (Lipinski definition) is 5. The number of hydrogen-bond donors (Lipinski definition) is 1. The fraction of sp³-hybridized carbons (Fsp3) is 0.733. The third-order valence-electron chi connectivity index (χ3n) is 2.81. The van der Waals surface area contributed by atoms with Crippen molar-refractivity contribution in [2.45, 2.75) is 52.7 Å². The second-order valence-corrected chi connectivity index (χ2v) is 6.68. The minimum absolute atomic E-state index is 0.0443. The summed E-state index contributed by atoms with van der Waals surface area (Å²) < 4.78 is 10.6. The van der Waals surface area contributed by atoms with Gasteiger partial charge in [-0.05, 0) is 13.8 Å². The van der Waals surface area contributed by atoms with E-state index in [1.807, 2.05) is 12.3 Å². The molecule has 6 heteroatoms. The van der Waals surface area contributed by atoms with Crippen molar-refractivity contribution in [1.29, 1.82) is 0 Å². The molecule has 0 radical (unpaired) electrons. The number of carbonyl (C=O) groups excluding carboxylic acids is 1. The molecule has 0 aliphatic carbocycles. The van der Waals surface area contributed by atoms with E-state index < -0.39 is 6.10 Å². The molecule has 0 aliphatic heterocycles. The van der Waals surface area contributed by atoms with Crippen molar-refractivity contribution in [3.05, 3.63) is 16.1 Å². The van der Waals surface area contributed by atoms with E-state index in [-0.39, 0.29) is 11.3 Å². The first-order valence-electron chi connectivity index (χ1n) is 7.26. The van der Waals surface area contributed by atoms with E-state index in [1.165, 1.54) is 0 Å². The van der Waals surface area contributed by atoms with Crippen molar-refractivity contribution in [3.63, 3.8) is 0 Å². The molecule has 21 heavy (non-hydrogen) atoms. The van der Waals surface area contributed by atoms with Crippen LogP contribution in [0.5, 0.6) is 0 Å². The highest BCUT2D eigenvalue weighted by Gasteiger charge is 2.18. The molecule has 1 amide bonds. The van der Waals surface area contributed by atoms with Crippen LogP contribution in [-0.4, -0.2) is 36.8 Å². The summed E-state index contributed by atoms with van der Waals surface area (Å²) in [5.41, 5.74) is 0.933. The lowest BCUT2D eigenvalue weighted by Crippen LogP contribution is -2.34. The zero-order valence-corrected chi connectivity index (χ0v) is 14.4. The molecule has 0 fully saturated rings. The number of rotatable bonds is 8. The van der Waals surface area contributed by atoms with Gasteiger partial charge in [0.25, 0.3) is 0 Å². The van der Waals surface area contributed by atoms with Crippen LogP contribution in [0.1, 0.15) is 45.3 Å². The topological polar surface area (TPSA) is 60.5 Å². The van der Waals surface area contributed by atoms with Gasteiger partial charge in [-0.15, -0.1) is 11.3 Å². The molecule has 1 heterocycles. The smallest absolute Gasteiger partial charge is 0.249 e. The van der Waals surface area contributed by atoms with Gasteiger partial charge in [-0.25, -0.2) is 4.98 Å². The van der Waals surface area contributed by atoms with Gasteiger partial charge in [0.15, 0.2) is 0 Å². The molecular weight excluding hydrogens is 288 g/mol. The van der Waals surface area contributed by atoms with E-state index in [0.717, 1.165) is 10.7 Å². The maximum Gasteiger partial charge on any atom is 0.249 e. The molecule has 1 N–H and O–H groups in total. The maximum absolute atomic E-state index is 11.9. The first kappa shape index (κ1) is 18.1. The number of thiazole rings is 1. The van der Waals surface area contributed by atoms with Crippen molar-refractivity contribution in [2.24, 2.45) is 0 Å². The molecule has 1 atom stereocenters. The number of ether oxygens (including phenoxy) is 2. The summed E-state index contributed by atoms with van der Waals surface area (Å²) in [6, 6.07) is 0. The van der Waals surface area contributed by atoms with Gasteiger partial charge in [0.1, 0.15) is 6.10 Å². The molecule has 0 aliphatic rings.